The quantitative estimate of drug-likeness (QED) is 0.711. The van der Waals surface area contributed by atoms with Crippen molar-refractivity contribution in [1.82, 2.24) is 10.2 Å². The number of rotatable bonds is 6. The van der Waals surface area contributed by atoms with Gasteiger partial charge >= 0.3 is 12.1 Å². The SMILES string of the molecule is C=CCOC(=O)Nc1cccc(Cc2[nH]ncc2C(=O)O)c1. The van der Waals surface area contributed by atoms with Gasteiger partial charge in [0.1, 0.15) is 12.2 Å². The maximum atomic E-state index is 11.5. The van der Waals surface area contributed by atoms with Crippen LogP contribution in [0, 0.1) is 0 Å². The van der Waals surface area contributed by atoms with Gasteiger partial charge in [-0.2, -0.15) is 5.10 Å². The molecule has 0 unspecified atom stereocenters. The number of carbonyl (C=O) groups excluding carboxylic acids is 1. The molecular formula is C15H15N3O4. The van der Waals surface area contributed by atoms with Crippen LogP contribution in [-0.2, 0) is 11.2 Å². The van der Waals surface area contributed by atoms with Gasteiger partial charge in [0, 0.05) is 12.1 Å². The molecule has 1 aromatic carbocycles. The van der Waals surface area contributed by atoms with E-state index in [-0.39, 0.29) is 12.2 Å². The second kappa shape index (κ2) is 7.07. The molecule has 0 aliphatic heterocycles. The van der Waals surface area contributed by atoms with Crippen LogP contribution in [0.4, 0.5) is 10.5 Å². The van der Waals surface area contributed by atoms with E-state index in [4.69, 9.17) is 9.84 Å². The lowest BCUT2D eigenvalue weighted by Crippen LogP contribution is -2.13. The summed E-state index contributed by atoms with van der Waals surface area (Å²) in [5.41, 5.74) is 2.01. The van der Waals surface area contributed by atoms with Crippen LogP contribution in [0.1, 0.15) is 21.6 Å². The average Bonchev–Trinajstić information content (AvgIpc) is 2.94. The van der Waals surface area contributed by atoms with Gasteiger partial charge in [-0.25, -0.2) is 9.59 Å². The first-order chi connectivity index (χ1) is 10.6. The number of aromatic nitrogens is 2. The Bertz CT molecular complexity index is 694. The summed E-state index contributed by atoms with van der Waals surface area (Å²) in [6.07, 6.45) is 2.53. The lowest BCUT2D eigenvalue weighted by molar-refractivity contribution is 0.0696. The van der Waals surface area contributed by atoms with Gasteiger partial charge in [0.25, 0.3) is 0 Å². The number of hydrogen-bond donors (Lipinski definition) is 3. The number of carboxylic acid groups (broad SMARTS) is 1. The number of anilines is 1. The molecule has 114 valence electrons. The van der Waals surface area contributed by atoms with Gasteiger partial charge in [-0.05, 0) is 17.7 Å². The van der Waals surface area contributed by atoms with E-state index in [0.717, 1.165) is 5.56 Å². The van der Waals surface area contributed by atoms with Crippen molar-refractivity contribution in [2.75, 3.05) is 11.9 Å². The number of nitrogens with one attached hydrogen (secondary N) is 2. The molecule has 0 fully saturated rings. The van der Waals surface area contributed by atoms with Gasteiger partial charge in [-0.3, -0.25) is 10.4 Å². The van der Waals surface area contributed by atoms with Gasteiger partial charge in [-0.1, -0.05) is 24.8 Å². The number of benzene rings is 1. The summed E-state index contributed by atoms with van der Waals surface area (Å²) in [4.78, 5) is 22.5. The second-order valence-electron chi connectivity index (χ2n) is 4.46. The molecule has 0 radical (unpaired) electrons. The number of amides is 1. The molecule has 0 saturated carbocycles. The van der Waals surface area contributed by atoms with E-state index in [2.05, 4.69) is 22.1 Å². The fourth-order valence-electron chi connectivity index (χ4n) is 1.88. The summed E-state index contributed by atoms with van der Waals surface area (Å²) in [5.74, 6) is -1.04. The van der Waals surface area contributed by atoms with Crippen LogP contribution < -0.4 is 5.32 Å². The minimum Gasteiger partial charge on any atom is -0.478 e. The Labute approximate surface area is 126 Å². The molecule has 7 heteroatoms. The van der Waals surface area contributed by atoms with Crippen molar-refractivity contribution >= 4 is 17.7 Å². The van der Waals surface area contributed by atoms with Crippen molar-refractivity contribution < 1.29 is 19.4 Å². The van der Waals surface area contributed by atoms with Gasteiger partial charge in [-0.15, -0.1) is 0 Å². The Kier molecular flexibility index (Phi) is 4.92. The maximum Gasteiger partial charge on any atom is 0.411 e. The van der Waals surface area contributed by atoms with Gasteiger partial charge < -0.3 is 9.84 Å². The number of carbonyl (C=O) groups is 2. The molecule has 22 heavy (non-hydrogen) atoms. The fraction of sp³-hybridized carbons (Fsp3) is 0.133. The first-order valence-corrected chi connectivity index (χ1v) is 6.49. The number of carboxylic acids is 1. The van der Waals surface area contributed by atoms with Crippen LogP contribution in [-0.4, -0.2) is 34.0 Å². The van der Waals surface area contributed by atoms with E-state index in [1.54, 1.807) is 18.2 Å². The highest BCUT2D eigenvalue weighted by atomic mass is 16.5. The topological polar surface area (TPSA) is 104 Å². The highest BCUT2D eigenvalue weighted by Gasteiger charge is 2.13. The van der Waals surface area contributed by atoms with E-state index in [1.165, 1.54) is 12.3 Å². The number of aromatic amines is 1. The molecule has 2 aromatic rings. The number of hydrogen-bond acceptors (Lipinski definition) is 4. The molecule has 1 amide bonds. The summed E-state index contributed by atoms with van der Waals surface area (Å²) < 4.78 is 4.83. The zero-order valence-electron chi connectivity index (χ0n) is 11.7. The predicted molar refractivity (Wildman–Crippen MR) is 80.0 cm³/mol. The Hall–Kier alpha value is -3.09. The zero-order valence-corrected chi connectivity index (χ0v) is 11.7. The standard InChI is InChI=1S/C15H15N3O4/c1-2-6-22-15(21)17-11-5-3-4-10(7-11)8-13-12(14(19)20)9-16-18-13/h2-5,7,9H,1,6,8H2,(H,16,18)(H,17,21)(H,19,20). The number of aromatic carboxylic acids is 1. The average molecular weight is 301 g/mol. The predicted octanol–water partition coefficient (Wildman–Crippen LogP) is 2.43. The van der Waals surface area contributed by atoms with Crippen molar-refractivity contribution in [3.05, 3.63) is 59.9 Å². The Morgan fingerprint density at radius 2 is 2.27 bits per heavy atom. The third-order valence-electron chi connectivity index (χ3n) is 2.84. The third-order valence-corrected chi connectivity index (χ3v) is 2.84. The summed E-state index contributed by atoms with van der Waals surface area (Å²) in [6, 6.07) is 7.04. The van der Waals surface area contributed by atoms with Crippen molar-refractivity contribution in [3.8, 4) is 0 Å². The molecule has 2 rings (SSSR count). The molecule has 0 bridgehead atoms. The minimum atomic E-state index is -1.04. The minimum absolute atomic E-state index is 0.127. The molecule has 0 spiro atoms. The molecule has 0 aliphatic carbocycles. The van der Waals surface area contributed by atoms with Crippen LogP contribution in [0.2, 0.25) is 0 Å². The van der Waals surface area contributed by atoms with Gasteiger partial charge in [0.2, 0.25) is 0 Å². The monoisotopic (exact) mass is 301 g/mol. The van der Waals surface area contributed by atoms with E-state index in [0.29, 0.717) is 17.8 Å². The molecule has 0 atom stereocenters. The first kappa shape index (κ1) is 15.3. The van der Waals surface area contributed by atoms with Crippen LogP contribution in [0.5, 0.6) is 0 Å². The summed E-state index contributed by atoms with van der Waals surface area (Å²) >= 11 is 0. The third kappa shape index (κ3) is 3.95. The van der Waals surface area contributed by atoms with Crippen molar-refractivity contribution in [2.24, 2.45) is 0 Å². The Balaban J connectivity index is 2.08. The molecule has 0 aliphatic rings. The summed E-state index contributed by atoms with van der Waals surface area (Å²) in [7, 11) is 0. The number of ether oxygens (including phenoxy) is 1. The normalized spacial score (nSPS) is 10.0. The van der Waals surface area contributed by atoms with Crippen LogP contribution in [0.15, 0.2) is 43.1 Å². The summed E-state index contributed by atoms with van der Waals surface area (Å²) in [5, 5.41) is 18.0. The van der Waals surface area contributed by atoms with E-state index in [9.17, 15) is 9.59 Å². The molecule has 3 N–H and O–H groups in total. The van der Waals surface area contributed by atoms with E-state index in [1.807, 2.05) is 6.07 Å². The van der Waals surface area contributed by atoms with E-state index < -0.39 is 12.1 Å². The van der Waals surface area contributed by atoms with Gasteiger partial charge in [0.15, 0.2) is 0 Å². The first-order valence-electron chi connectivity index (χ1n) is 6.49. The van der Waals surface area contributed by atoms with Crippen LogP contribution in [0.25, 0.3) is 0 Å². The van der Waals surface area contributed by atoms with Crippen LogP contribution in [0.3, 0.4) is 0 Å². The summed E-state index contributed by atoms with van der Waals surface area (Å²) in [6.45, 7) is 3.58. The van der Waals surface area contributed by atoms with Gasteiger partial charge in [0.05, 0.1) is 11.9 Å². The molecular weight excluding hydrogens is 286 g/mol. The van der Waals surface area contributed by atoms with Crippen molar-refractivity contribution in [1.29, 1.82) is 0 Å². The van der Waals surface area contributed by atoms with E-state index >= 15 is 0 Å². The lowest BCUT2D eigenvalue weighted by Gasteiger charge is -2.07. The zero-order chi connectivity index (χ0) is 15.9. The highest BCUT2D eigenvalue weighted by Crippen LogP contribution is 2.16. The Morgan fingerprint density at radius 3 is 3.00 bits per heavy atom. The molecule has 7 nitrogen and oxygen atoms in total. The van der Waals surface area contributed by atoms with Crippen molar-refractivity contribution in [2.45, 2.75) is 6.42 Å². The smallest absolute Gasteiger partial charge is 0.411 e. The molecule has 1 heterocycles. The lowest BCUT2D eigenvalue weighted by atomic mass is 10.1. The second-order valence-corrected chi connectivity index (χ2v) is 4.46. The largest absolute Gasteiger partial charge is 0.478 e. The number of nitrogens with zero attached hydrogens (tertiary/aromatic N) is 1. The highest BCUT2D eigenvalue weighted by molar-refractivity contribution is 5.88. The molecule has 1 aromatic heterocycles. The molecule has 0 saturated heterocycles. The number of H-pyrrole nitrogens is 1. The fourth-order valence-corrected chi connectivity index (χ4v) is 1.88. The van der Waals surface area contributed by atoms with Crippen molar-refractivity contribution in [3.63, 3.8) is 0 Å². The van der Waals surface area contributed by atoms with Crippen LogP contribution >= 0.6 is 0 Å². The maximum absolute atomic E-state index is 11.5. The Morgan fingerprint density at radius 1 is 1.45 bits per heavy atom.